The number of hydrogen-bond donors (Lipinski definition) is 2. The van der Waals surface area contributed by atoms with E-state index in [2.05, 4.69) is 6.58 Å². The van der Waals surface area contributed by atoms with Crippen LogP contribution in [-0.4, -0.2) is 35.5 Å². The van der Waals surface area contributed by atoms with Gasteiger partial charge in [0.1, 0.15) is 19.3 Å². The number of carbonyl (C=O) groups is 1. The molecule has 1 atom stereocenters. The van der Waals surface area contributed by atoms with E-state index in [0.717, 1.165) is 0 Å². The van der Waals surface area contributed by atoms with Gasteiger partial charge in [0.25, 0.3) is 0 Å². The van der Waals surface area contributed by atoms with E-state index in [9.17, 15) is 15.0 Å². The molecule has 0 spiro atoms. The zero-order valence-corrected chi connectivity index (χ0v) is 10.1. The number of aliphatic hydroxyl groups excluding tert-OH is 1. The van der Waals surface area contributed by atoms with Gasteiger partial charge in [0.15, 0.2) is 11.5 Å². The van der Waals surface area contributed by atoms with E-state index in [1.54, 1.807) is 18.2 Å². The number of aromatic hydroxyl groups is 1. The van der Waals surface area contributed by atoms with Crippen LogP contribution in [0, 0.1) is 0 Å². The number of para-hydroxylation sites is 2. The van der Waals surface area contributed by atoms with E-state index < -0.39 is 12.1 Å². The number of esters is 1. The summed E-state index contributed by atoms with van der Waals surface area (Å²) in [7, 11) is 0. The molecule has 0 heterocycles. The highest BCUT2D eigenvalue weighted by atomic mass is 16.5. The molecule has 1 aromatic carbocycles. The lowest BCUT2D eigenvalue weighted by Gasteiger charge is -2.13. The molecule has 1 rings (SSSR count). The molecule has 5 nitrogen and oxygen atoms in total. The maximum Gasteiger partial charge on any atom is 0.333 e. The average Bonchev–Trinajstić information content (AvgIpc) is 2.34. The van der Waals surface area contributed by atoms with Crippen LogP contribution in [-0.2, 0) is 9.53 Å². The Morgan fingerprint density at radius 2 is 2.06 bits per heavy atom. The third kappa shape index (κ3) is 4.47. The van der Waals surface area contributed by atoms with Crippen LogP contribution in [0.2, 0.25) is 0 Å². The molecular formula is C13H16O5. The van der Waals surface area contributed by atoms with Crippen LogP contribution in [0.1, 0.15) is 6.92 Å². The van der Waals surface area contributed by atoms with Crippen LogP contribution >= 0.6 is 0 Å². The molecule has 0 aromatic heterocycles. The van der Waals surface area contributed by atoms with Crippen molar-refractivity contribution in [1.29, 1.82) is 0 Å². The molecule has 5 heteroatoms. The van der Waals surface area contributed by atoms with Gasteiger partial charge in [0, 0.05) is 5.57 Å². The minimum atomic E-state index is -0.965. The molecule has 0 aliphatic rings. The number of carbonyl (C=O) groups excluding carboxylic acids is 1. The molecule has 0 radical (unpaired) electrons. The van der Waals surface area contributed by atoms with Crippen molar-refractivity contribution in [3.8, 4) is 11.5 Å². The maximum absolute atomic E-state index is 11.1. The lowest BCUT2D eigenvalue weighted by atomic mass is 10.3. The van der Waals surface area contributed by atoms with Crippen LogP contribution in [0.3, 0.4) is 0 Å². The van der Waals surface area contributed by atoms with E-state index in [1.807, 2.05) is 0 Å². The van der Waals surface area contributed by atoms with Crippen molar-refractivity contribution in [2.45, 2.75) is 13.0 Å². The second-order valence-corrected chi connectivity index (χ2v) is 3.81. The van der Waals surface area contributed by atoms with E-state index >= 15 is 0 Å². The van der Waals surface area contributed by atoms with Gasteiger partial charge in [-0.2, -0.15) is 0 Å². The van der Waals surface area contributed by atoms with Crippen molar-refractivity contribution in [3.63, 3.8) is 0 Å². The topological polar surface area (TPSA) is 76.0 Å². The van der Waals surface area contributed by atoms with Gasteiger partial charge in [-0.15, -0.1) is 0 Å². The van der Waals surface area contributed by atoms with Crippen LogP contribution in [0.25, 0.3) is 0 Å². The Balaban J connectivity index is 2.33. The summed E-state index contributed by atoms with van der Waals surface area (Å²) in [5.74, 6) is -0.303. The SMILES string of the molecule is C=C(C)C(=O)OCC(O)COc1ccccc1O. The van der Waals surface area contributed by atoms with Gasteiger partial charge in [-0.1, -0.05) is 18.7 Å². The number of benzene rings is 1. The van der Waals surface area contributed by atoms with Crippen LogP contribution in [0.4, 0.5) is 0 Å². The summed E-state index contributed by atoms with van der Waals surface area (Å²) in [6.07, 6.45) is -0.965. The van der Waals surface area contributed by atoms with E-state index in [-0.39, 0.29) is 30.3 Å². The molecule has 98 valence electrons. The van der Waals surface area contributed by atoms with Crippen LogP contribution < -0.4 is 4.74 Å². The average molecular weight is 252 g/mol. The van der Waals surface area contributed by atoms with Gasteiger partial charge in [0.05, 0.1) is 0 Å². The summed E-state index contributed by atoms with van der Waals surface area (Å²) >= 11 is 0. The summed E-state index contributed by atoms with van der Waals surface area (Å²) in [4.78, 5) is 11.1. The fourth-order valence-electron chi connectivity index (χ4n) is 1.11. The first-order chi connectivity index (χ1) is 8.50. The summed E-state index contributed by atoms with van der Waals surface area (Å²) in [5.41, 5.74) is 0.267. The Bertz CT molecular complexity index is 427. The van der Waals surface area contributed by atoms with Crippen molar-refractivity contribution in [1.82, 2.24) is 0 Å². The third-order valence-corrected chi connectivity index (χ3v) is 2.05. The van der Waals surface area contributed by atoms with Crippen molar-refractivity contribution in [2.75, 3.05) is 13.2 Å². The molecule has 18 heavy (non-hydrogen) atoms. The monoisotopic (exact) mass is 252 g/mol. The second-order valence-electron chi connectivity index (χ2n) is 3.81. The molecule has 1 aromatic rings. The largest absolute Gasteiger partial charge is 0.504 e. The van der Waals surface area contributed by atoms with Crippen LogP contribution in [0.15, 0.2) is 36.4 Å². The fraction of sp³-hybridized carbons (Fsp3) is 0.308. The van der Waals surface area contributed by atoms with E-state index in [4.69, 9.17) is 9.47 Å². The predicted molar refractivity (Wildman–Crippen MR) is 65.4 cm³/mol. The Labute approximate surface area is 105 Å². The summed E-state index contributed by atoms with van der Waals surface area (Å²) in [5, 5.41) is 18.9. The smallest absolute Gasteiger partial charge is 0.333 e. The number of phenolic OH excluding ortho intramolecular Hbond substituents is 1. The Hall–Kier alpha value is -2.01. The zero-order valence-electron chi connectivity index (χ0n) is 10.1. The fourth-order valence-corrected chi connectivity index (χ4v) is 1.11. The molecular weight excluding hydrogens is 236 g/mol. The first kappa shape index (κ1) is 14.1. The molecule has 0 aliphatic heterocycles. The lowest BCUT2D eigenvalue weighted by molar-refractivity contribution is -0.142. The van der Waals surface area contributed by atoms with Crippen molar-refractivity contribution in [2.24, 2.45) is 0 Å². The standard InChI is InChI=1S/C13H16O5/c1-9(2)13(16)18-8-10(14)7-17-12-6-4-3-5-11(12)15/h3-6,10,14-15H,1,7-8H2,2H3. The highest BCUT2D eigenvalue weighted by Gasteiger charge is 2.11. The first-order valence-electron chi connectivity index (χ1n) is 5.42. The Morgan fingerprint density at radius 3 is 2.67 bits per heavy atom. The number of ether oxygens (including phenoxy) is 2. The Kier molecular flexibility index (Phi) is 5.20. The van der Waals surface area contributed by atoms with E-state index in [1.165, 1.54) is 13.0 Å². The normalized spacial score (nSPS) is 11.7. The van der Waals surface area contributed by atoms with Crippen molar-refractivity contribution < 1.29 is 24.5 Å². The molecule has 0 aliphatic carbocycles. The van der Waals surface area contributed by atoms with Gasteiger partial charge >= 0.3 is 5.97 Å². The number of hydrogen-bond acceptors (Lipinski definition) is 5. The number of aliphatic hydroxyl groups is 1. The van der Waals surface area contributed by atoms with Crippen LogP contribution in [0.5, 0.6) is 11.5 Å². The summed E-state index contributed by atoms with van der Waals surface area (Å²) < 4.78 is 9.93. The molecule has 1 unspecified atom stereocenters. The van der Waals surface area contributed by atoms with Crippen molar-refractivity contribution >= 4 is 5.97 Å². The van der Waals surface area contributed by atoms with Gasteiger partial charge in [0.2, 0.25) is 0 Å². The van der Waals surface area contributed by atoms with E-state index in [0.29, 0.717) is 0 Å². The second kappa shape index (κ2) is 6.66. The number of rotatable bonds is 6. The highest BCUT2D eigenvalue weighted by Crippen LogP contribution is 2.24. The maximum atomic E-state index is 11.1. The third-order valence-electron chi connectivity index (χ3n) is 2.05. The van der Waals surface area contributed by atoms with Gasteiger partial charge in [-0.3, -0.25) is 0 Å². The first-order valence-corrected chi connectivity index (χ1v) is 5.42. The summed E-state index contributed by atoms with van der Waals surface area (Å²) in [6, 6.07) is 6.40. The molecule has 0 saturated heterocycles. The minimum absolute atomic E-state index is 0.0105. The Morgan fingerprint density at radius 1 is 1.39 bits per heavy atom. The zero-order chi connectivity index (χ0) is 13.5. The van der Waals surface area contributed by atoms with Gasteiger partial charge in [-0.25, -0.2) is 4.79 Å². The van der Waals surface area contributed by atoms with Gasteiger partial charge < -0.3 is 19.7 Å². The molecule has 0 saturated carbocycles. The van der Waals surface area contributed by atoms with Gasteiger partial charge in [-0.05, 0) is 19.1 Å². The highest BCUT2D eigenvalue weighted by molar-refractivity contribution is 5.86. The minimum Gasteiger partial charge on any atom is -0.504 e. The molecule has 0 fully saturated rings. The summed E-state index contributed by atoms with van der Waals surface area (Å²) in [6.45, 7) is 4.68. The molecule has 2 N–H and O–H groups in total. The quantitative estimate of drug-likeness (QED) is 0.588. The lowest BCUT2D eigenvalue weighted by Crippen LogP contribution is -2.25. The predicted octanol–water partition coefficient (Wildman–Crippen LogP) is 1.25. The number of phenols is 1. The van der Waals surface area contributed by atoms with Crippen molar-refractivity contribution in [3.05, 3.63) is 36.4 Å². The molecule has 0 bridgehead atoms. The molecule has 0 amide bonds.